The molecule has 1 unspecified atom stereocenters. The van der Waals surface area contributed by atoms with Gasteiger partial charge in [-0.05, 0) is 18.4 Å². The molecule has 134 valence electrons. The lowest BCUT2D eigenvalue weighted by Gasteiger charge is -2.35. The minimum atomic E-state index is -0.695. The topological polar surface area (TPSA) is 94.1 Å². The second-order valence-corrected chi connectivity index (χ2v) is 6.46. The zero-order valence-electron chi connectivity index (χ0n) is 14.3. The molecule has 2 amide bonds. The average Bonchev–Trinajstić information content (AvgIpc) is 3.19. The van der Waals surface area contributed by atoms with Gasteiger partial charge in [0.1, 0.15) is 12.2 Å². The molecule has 1 aromatic carbocycles. The van der Waals surface area contributed by atoms with Gasteiger partial charge in [0.15, 0.2) is 0 Å². The second-order valence-electron chi connectivity index (χ2n) is 6.46. The number of amides is 2. The standard InChI is InChI=1S/C18H25N5O2/c24-16(14-7-3-1-4-8-14)12-23(15-9-5-2-6-10-15)18(25)19-11-17-20-13-21-22-17/h1,3-4,7-8,13,15-16,24H,2,5-6,9-12H2,(H,19,25)(H,20,21,22). The summed E-state index contributed by atoms with van der Waals surface area (Å²) < 4.78 is 0. The summed E-state index contributed by atoms with van der Waals surface area (Å²) in [6, 6.07) is 9.48. The predicted molar refractivity (Wildman–Crippen MR) is 93.6 cm³/mol. The van der Waals surface area contributed by atoms with Crippen LogP contribution in [0.15, 0.2) is 36.7 Å². The van der Waals surface area contributed by atoms with E-state index >= 15 is 0 Å². The number of hydrogen-bond acceptors (Lipinski definition) is 4. The molecular formula is C18H25N5O2. The molecule has 0 saturated heterocycles. The van der Waals surface area contributed by atoms with E-state index in [2.05, 4.69) is 20.5 Å². The maximum absolute atomic E-state index is 12.7. The number of carbonyl (C=O) groups is 1. The summed E-state index contributed by atoms with van der Waals surface area (Å²) in [6.45, 7) is 0.584. The zero-order chi connectivity index (χ0) is 17.5. The Morgan fingerprint density at radius 2 is 2.04 bits per heavy atom. The predicted octanol–water partition coefficient (Wildman–Crippen LogP) is 2.38. The van der Waals surface area contributed by atoms with Crippen LogP contribution in [0.1, 0.15) is 49.6 Å². The fraction of sp³-hybridized carbons (Fsp3) is 0.500. The summed E-state index contributed by atoms with van der Waals surface area (Å²) in [5.41, 5.74) is 0.825. The van der Waals surface area contributed by atoms with Crippen LogP contribution in [0.4, 0.5) is 4.79 Å². The maximum Gasteiger partial charge on any atom is 0.318 e. The number of hydrogen-bond donors (Lipinski definition) is 3. The number of aliphatic hydroxyl groups excluding tert-OH is 1. The molecular weight excluding hydrogens is 318 g/mol. The number of benzene rings is 1. The van der Waals surface area contributed by atoms with E-state index in [-0.39, 0.29) is 18.6 Å². The number of aromatic amines is 1. The van der Waals surface area contributed by atoms with Gasteiger partial charge in [-0.3, -0.25) is 5.10 Å². The van der Waals surface area contributed by atoms with Crippen LogP contribution in [0.5, 0.6) is 0 Å². The summed E-state index contributed by atoms with van der Waals surface area (Å²) in [4.78, 5) is 18.6. The highest BCUT2D eigenvalue weighted by Gasteiger charge is 2.27. The Kier molecular flexibility index (Phi) is 6.00. The summed E-state index contributed by atoms with van der Waals surface area (Å²) in [5.74, 6) is 0.612. The van der Waals surface area contributed by atoms with Crippen LogP contribution in [-0.2, 0) is 6.54 Å². The summed E-state index contributed by atoms with van der Waals surface area (Å²) in [7, 11) is 0. The van der Waals surface area contributed by atoms with E-state index in [4.69, 9.17) is 0 Å². The second kappa shape index (κ2) is 8.62. The van der Waals surface area contributed by atoms with E-state index in [1.54, 1.807) is 4.90 Å². The normalized spacial score (nSPS) is 16.4. The van der Waals surface area contributed by atoms with Crippen molar-refractivity contribution in [2.75, 3.05) is 6.54 Å². The summed E-state index contributed by atoms with van der Waals surface area (Å²) in [6.07, 6.45) is 6.15. The van der Waals surface area contributed by atoms with Gasteiger partial charge in [-0.25, -0.2) is 9.78 Å². The number of carbonyl (C=O) groups excluding carboxylic acids is 1. The van der Waals surface area contributed by atoms with Crippen LogP contribution in [0.2, 0.25) is 0 Å². The van der Waals surface area contributed by atoms with Gasteiger partial charge in [0.2, 0.25) is 0 Å². The SMILES string of the molecule is O=C(NCc1ncn[nH]1)N(CC(O)c1ccccc1)C1CCCCC1. The van der Waals surface area contributed by atoms with E-state index in [1.807, 2.05) is 30.3 Å². The number of nitrogens with zero attached hydrogens (tertiary/aromatic N) is 3. The third-order valence-corrected chi connectivity index (χ3v) is 4.70. The van der Waals surface area contributed by atoms with Gasteiger partial charge >= 0.3 is 6.03 Å². The fourth-order valence-corrected chi connectivity index (χ4v) is 3.33. The molecule has 1 fully saturated rings. The van der Waals surface area contributed by atoms with Gasteiger partial charge in [0.25, 0.3) is 0 Å². The van der Waals surface area contributed by atoms with E-state index in [9.17, 15) is 9.90 Å². The Bertz CT molecular complexity index is 641. The third kappa shape index (κ3) is 4.79. The smallest absolute Gasteiger partial charge is 0.318 e. The first-order valence-electron chi connectivity index (χ1n) is 8.86. The lowest BCUT2D eigenvalue weighted by atomic mass is 9.94. The fourth-order valence-electron chi connectivity index (χ4n) is 3.33. The van der Waals surface area contributed by atoms with Crippen molar-refractivity contribution in [3.63, 3.8) is 0 Å². The molecule has 1 aliphatic rings. The van der Waals surface area contributed by atoms with E-state index in [1.165, 1.54) is 12.7 Å². The Labute approximate surface area is 147 Å². The highest BCUT2D eigenvalue weighted by Crippen LogP contribution is 2.25. The maximum atomic E-state index is 12.7. The summed E-state index contributed by atoms with van der Waals surface area (Å²) >= 11 is 0. The monoisotopic (exact) mass is 343 g/mol. The van der Waals surface area contributed by atoms with Crippen molar-refractivity contribution in [1.82, 2.24) is 25.4 Å². The van der Waals surface area contributed by atoms with Crippen LogP contribution in [0.3, 0.4) is 0 Å². The first kappa shape index (κ1) is 17.4. The molecule has 3 N–H and O–H groups in total. The average molecular weight is 343 g/mol. The van der Waals surface area contributed by atoms with Crippen molar-refractivity contribution < 1.29 is 9.90 Å². The molecule has 3 rings (SSSR count). The molecule has 0 radical (unpaired) electrons. The molecule has 0 aliphatic heterocycles. The third-order valence-electron chi connectivity index (χ3n) is 4.70. The molecule has 7 heteroatoms. The Morgan fingerprint density at radius 3 is 2.72 bits per heavy atom. The Morgan fingerprint density at radius 1 is 1.28 bits per heavy atom. The van der Waals surface area contributed by atoms with Crippen molar-refractivity contribution >= 4 is 6.03 Å². The summed E-state index contributed by atoms with van der Waals surface area (Å²) in [5, 5.41) is 20.0. The molecule has 1 heterocycles. The van der Waals surface area contributed by atoms with E-state index in [0.29, 0.717) is 12.4 Å². The number of aromatic nitrogens is 3. The number of H-pyrrole nitrogens is 1. The molecule has 0 spiro atoms. The molecule has 7 nitrogen and oxygen atoms in total. The molecule has 2 aromatic rings. The molecule has 25 heavy (non-hydrogen) atoms. The zero-order valence-corrected chi connectivity index (χ0v) is 14.3. The number of urea groups is 1. The number of aliphatic hydroxyl groups is 1. The minimum Gasteiger partial charge on any atom is -0.387 e. The minimum absolute atomic E-state index is 0.168. The van der Waals surface area contributed by atoms with Crippen LogP contribution >= 0.6 is 0 Å². The molecule has 1 saturated carbocycles. The van der Waals surface area contributed by atoms with Gasteiger partial charge < -0.3 is 15.3 Å². The van der Waals surface area contributed by atoms with E-state index < -0.39 is 6.10 Å². The van der Waals surface area contributed by atoms with Crippen molar-refractivity contribution in [3.05, 3.63) is 48.0 Å². The van der Waals surface area contributed by atoms with E-state index in [0.717, 1.165) is 31.2 Å². The largest absolute Gasteiger partial charge is 0.387 e. The van der Waals surface area contributed by atoms with Gasteiger partial charge in [-0.2, -0.15) is 5.10 Å². The molecule has 1 atom stereocenters. The Balaban J connectivity index is 1.66. The van der Waals surface area contributed by atoms with Crippen molar-refractivity contribution in [3.8, 4) is 0 Å². The first-order chi connectivity index (χ1) is 12.2. The highest BCUT2D eigenvalue weighted by molar-refractivity contribution is 5.74. The first-order valence-corrected chi connectivity index (χ1v) is 8.86. The molecule has 1 aromatic heterocycles. The highest BCUT2D eigenvalue weighted by atomic mass is 16.3. The van der Waals surface area contributed by atoms with Crippen molar-refractivity contribution in [2.24, 2.45) is 0 Å². The van der Waals surface area contributed by atoms with Crippen molar-refractivity contribution in [1.29, 1.82) is 0 Å². The molecule has 1 aliphatic carbocycles. The van der Waals surface area contributed by atoms with Gasteiger partial charge in [0, 0.05) is 6.04 Å². The van der Waals surface area contributed by atoms with Gasteiger partial charge in [0.05, 0.1) is 19.2 Å². The van der Waals surface area contributed by atoms with Gasteiger partial charge in [-0.1, -0.05) is 49.6 Å². The quantitative estimate of drug-likeness (QED) is 0.750. The number of rotatable bonds is 6. The van der Waals surface area contributed by atoms with Crippen LogP contribution in [0, 0.1) is 0 Å². The lowest BCUT2D eigenvalue weighted by Crippen LogP contribution is -2.48. The van der Waals surface area contributed by atoms with Crippen LogP contribution < -0.4 is 5.32 Å². The Hall–Kier alpha value is -2.41. The van der Waals surface area contributed by atoms with Gasteiger partial charge in [-0.15, -0.1) is 0 Å². The van der Waals surface area contributed by atoms with Crippen molar-refractivity contribution in [2.45, 2.75) is 50.8 Å². The number of nitrogens with one attached hydrogen (secondary N) is 2. The van der Waals surface area contributed by atoms with Crippen LogP contribution in [0.25, 0.3) is 0 Å². The molecule has 0 bridgehead atoms. The van der Waals surface area contributed by atoms with Crippen LogP contribution in [-0.4, -0.2) is 43.8 Å². The lowest BCUT2D eigenvalue weighted by molar-refractivity contribution is 0.0899.